The summed E-state index contributed by atoms with van der Waals surface area (Å²) in [6.07, 6.45) is 0. The molecule has 1 aromatic heterocycles. The Morgan fingerprint density at radius 2 is 2.14 bits per heavy atom. The molecule has 0 aliphatic rings. The van der Waals surface area contributed by atoms with Crippen LogP contribution in [-0.2, 0) is 4.74 Å². The minimum absolute atomic E-state index is 0.0708. The predicted molar refractivity (Wildman–Crippen MR) is 92.3 cm³/mol. The molecule has 0 aliphatic carbocycles. The molecule has 2 rings (SSSR count). The van der Waals surface area contributed by atoms with E-state index in [-0.39, 0.29) is 5.69 Å². The lowest BCUT2D eigenvalue weighted by Gasteiger charge is -2.03. The summed E-state index contributed by atoms with van der Waals surface area (Å²) in [4.78, 5) is 10.7. The van der Waals surface area contributed by atoms with Gasteiger partial charge in [0.2, 0.25) is 0 Å². The van der Waals surface area contributed by atoms with Gasteiger partial charge in [-0.25, -0.2) is 0 Å². The van der Waals surface area contributed by atoms with Gasteiger partial charge in [-0.2, -0.15) is 0 Å². The number of ether oxygens (including phenoxy) is 1. The van der Waals surface area contributed by atoms with Crippen LogP contribution in [0, 0.1) is 10.1 Å². The molecule has 1 heterocycles. The highest BCUT2D eigenvalue weighted by Crippen LogP contribution is 2.39. The van der Waals surface area contributed by atoms with Gasteiger partial charge in [0, 0.05) is 30.4 Å². The second kappa shape index (κ2) is 8.23. The molecule has 22 heavy (non-hydrogen) atoms. The van der Waals surface area contributed by atoms with Crippen LogP contribution in [0.15, 0.2) is 34.5 Å². The van der Waals surface area contributed by atoms with Crippen molar-refractivity contribution in [2.45, 2.75) is 4.21 Å². The summed E-state index contributed by atoms with van der Waals surface area (Å²) in [6.45, 7) is 1.01. The van der Waals surface area contributed by atoms with Crippen LogP contribution in [0.4, 0.5) is 16.4 Å². The van der Waals surface area contributed by atoms with E-state index < -0.39 is 4.92 Å². The summed E-state index contributed by atoms with van der Waals surface area (Å²) >= 11 is 8.47. The third-order valence-corrected chi connectivity index (χ3v) is 4.88. The summed E-state index contributed by atoms with van der Waals surface area (Å²) < 4.78 is 8.85. The van der Waals surface area contributed by atoms with E-state index in [4.69, 9.17) is 16.3 Å². The second-order valence-electron chi connectivity index (χ2n) is 4.17. The van der Waals surface area contributed by atoms with Gasteiger partial charge < -0.3 is 14.8 Å². The van der Waals surface area contributed by atoms with Crippen LogP contribution in [0.1, 0.15) is 0 Å². The molecular weight excluding hydrogens is 346 g/mol. The van der Waals surface area contributed by atoms with Gasteiger partial charge in [-0.3, -0.25) is 10.1 Å². The highest BCUT2D eigenvalue weighted by Gasteiger charge is 2.19. The summed E-state index contributed by atoms with van der Waals surface area (Å²) in [6, 6.07) is 8.79. The van der Waals surface area contributed by atoms with E-state index >= 15 is 0 Å². The first kappa shape index (κ1) is 16.9. The first-order valence-electron chi connectivity index (χ1n) is 6.29. The molecule has 6 nitrogen and oxygen atoms in total. The fourth-order valence-corrected chi connectivity index (χ4v) is 3.54. The van der Waals surface area contributed by atoms with Gasteiger partial charge in [0.05, 0.1) is 15.7 Å². The van der Waals surface area contributed by atoms with Gasteiger partial charge in [-0.15, -0.1) is 11.3 Å². The minimum atomic E-state index is -0.391. The SMILES string of the molecule is COCCNc1sc(SNc2ccc(Cl)cc2)cc1[N+](=O)[O-]. The van der Waals surface area contributed by atoms with Crippen molar-refractivity contribution in [1.82, 2.24) is 0 Å². The Labute approximate surface area is 141 Å². The Bertz CT molecular complexity index is 634. The standard InChI is InChI=1S/C13H14ClN3O3S2/c1-20-7-6-15-13-11(17(18)19)8-12(21-13)22-16-10-4-2-9(14)3-5-10/h2-5,8,15-16H,6-7H2,1H3. The van der Waals surface area contributed by atoms with Crippen molar-refractivity contribution in [2.24, 2.45) is 0 Å². The van der Waals surface area contributed by atoms with Crippen molar-refractivity contribution >= 4 is 51.3 Å². The number of hydrogen-bond acceptors (Lipinski definition) is 7. The van der Waals surface area contributed by atoms with Gasteiger partial charge in [0.1, 0.15) is 0 Å². The van der Waals surface area contributed by atoms with Crippen molar-refractivity contribution in [2.75, 3.05) is 30.3 Å². The van der Waals surface area contributed by atoms with E-state index in [1.54, 1.807) is 25.3 Å². The first-order valence-corrected chi connectivity index (χ1v) is 8.30. The summed E-state index contributed by atoms with van der Waals surface area (Å²) in [5.74, 6) is 0. The number of nitrogens with one attached hydrogen (secondary N) is 2. The Balaban J connectivity index is 2.02. The quantitative estimate of drug-likeness (QED) is 0.313. The van der Waals surface area contributed by atoms with Gasteiger partial charge in [0.25, 0.3) is 0 Å². The lowest BCUT2D eigenvalue weighted by atomic mass is 10.3. The molecule has 2 aromatic rings. The third-order valence-electron chi connectivity index (χ3n) is 2.59. The molecule has 9 heteroatoms. The molecule has 0 saturated carbocycles. The zero-order valence-electron chi connectivity index (χ0n) is 11.7. The fourth-order valence-electron chi connectivity index (χ4n) is 1.57. The molecule has 2 N–H and O–H groups in total. The first-order chi connectivity index (χ1) is 10.6. The zero-order chi connectivity index (χ0) is 15.9. The van der Waals surface area contributed by atoms with Crippen molar-refractivity contribution in [3.05, 3.63) is 45.5 Å². The van der Waals surface area contributed by atoms with Crippen molar-refractivity contribution in [1.29, 1.82) is 0 Å². The third kappa shape index (κ3) is 4.77. The lowest BCUT2D eigenvalue weighted by molar-refractivity contribution is -0.383. The molecule has 0 saturated heterocycles. The van der Waals surface area contributed by atoms with Crippen molar-refractivity contribution in [3.8, 4) is 0 Å². The highest BCUT2D eigenvalue weighted by molar-refractivity contribution is 8.02. The topological polar surface area (TPSA) is 76.4 Å². The normalized spacial score (nSPS) is 10.5. The van der Waals surface area contributed by atoms with Crippen LogP contribution in [0.5, 0.6) is 0 Å². The molecule has 0 bridgehead atoms. The lowest BCUT2D eigenvalue weighted by Crippen LogP contribution is -2.07. The number of nitro groups is 1. The molecule has 0 radical (unpaired) electrons. The Hall–Kier alpha value is -1.48. The predicted octanol–water partition coefficient (Wildman–Crippen LogP) is 4.49. The number of thiophene rings is 1. The van der Waals surface area contributed by atoms with Gasteiger partial charge in [-0.1, -0.05) is 11.6 Å². The van der Waals surface area contributed by atoms with E-state index in [9.17, 15) is 10.1 Å². The van der Waals surface area contributed by atoms with Crippen LogP contribution in [-0.4, -0.2) is 25.2 Å². The number of methoxy groups -OCH3 is 1. The summed E-state index contributed by atoms with van der Waals surface area (Å²) in [5, 5.41) is 15.3. The van der Waals surface area contributed by atoms with Crippen LogP contribution in [0.25, 0.3) is 0 Å². The van der Waals surface area contributed by atoms with Crippen molar-refractivity contribution in [3.63, 3.8) is 0 Å². The zero-order valence-corrected chi connectivity index (χ0v) is 14.1. The average molecular weight is 360 g/mol. The second-order valence-corrected chi connectivity index (χ2v) is 6.76. The summed E-state index contributed by atoms with van der Waals surface area (Å²) in [7, 11) is 1.59. The van der Waals surface area contributed by atoms with Crippen LogP contribution in [0.2, 0.25) is 5.02 Å². The van der Waals surface area contributed by atoms with Crippen LogP contribution >= 0.6 is 34.9 Å². The number of nitrogens with zero attached hydrogens (tertiary/aromatic N) is 1. The molecule has 0 fully saturated rings. The Kier molecular flexibility index (Phi) is 6.32. The van der Waals surface area contributed by atoms with E-state index in [2.05, 4.69) is 10.0 Å². The monoisotopic (exact) mass is 359 g/mol. The maximum Gasteiger partial charge on any atom is 0.304 e. The van der Waals surface area contributed by atoms with E-state index in [0.29, 0.717) is 23.2 Å². The minimum Gasteiger partial charge on any atom is -0.383 e. The maximum atomic E-state index is 11.1. The molecule has 0 atom stereocenters. The van der Waals surface area contributed by atoms with Gasteiger partial charge in [-0.05, 0) is 36.2 Å². The highest BCUT2D eigenvalue weighted by atomic mass is 35.5. The van der Waals surface area contributed by atoms with E-state index in [1.165, 1.54) is 23.3 Å². The fraction of sp³-hybridized carbons (Fsp3) is 0.231. The Morgan fingerprint density at radius 1 is 1.41 bits per heavy atom. The number of benzene rings is 1. The summed E-state index contributed by atoms with van der Waals surface area (Å²) in [5.41, 5.74) is 0.945. The Morgan fingerprint density at radius 3 is 2.77 bits per heavy atom. The van der Waals surface area contributed by atoms with Crippen molar-refractivity contribution < 1.29 is 9.66 Å². The molecule has 118 valence electrons. The van der Waals surface area contributed by atoms with Crippen LogP contribution < -0.4 is 10.0 Å². The van der Waals surface area contributed by atoms with E-state index in [1.807, 2.05) is 12.1 Å². The van der Waals surface area contributed by atoms with E-state index in [0.717, 1.165) is 9.90 Å². The molecular formula is C13H14ClN3O3S2. The number of rotatable bonds is 8. The number of anilines is 2. The van der Waals surface area contributed by atoms with Gasteiger partial charge in [0.15, 0.2) is 5.00 Å². The number of halogens is 1. The van der Waals surface area contributed by atoms with Gasteiger partial charge >= 0.3 is 5.69 Å². The molecule has 0 spiro atoms. The molecule has 1 aromatic carbocycles. The maximum absolute atomic E-state index is 11.1. The average Bonchev–Trinajstić information content (AvgIpc) is 2.90. The number of hydrogen-bond donors (Lipinski definition) is 2. The smallest absolute Gasteiger partial charge is 0.304 e. The van der Waals surface area contributed by atoms with Crippen LogP contribution in [0.3, 0.4) is 0 Å². The molecule has 0 aliphatic heterocycles. The molecule has 0 amide bonds. The molecule has 0 unspecified atom stereocenters. The largest absolute Gasteiger partial charge is 0.383 e.